The van der Waals surface area contributed by atoms with E-state index in [1.165, 1.54) is 12.1 Å². The van der Waals surface area contributed by atoms with E-state index < -0.39 is 0 Å². The number of hydrogen-bond acceptors (Lipinski definition) is 2. The molecule has 0 fully saturated rings. The number of nitrogens with one attached hydrogen (secondary N) is 1. The Balaban J connectivity index is 3.00. The van der Waals surface area contributed by atoms with Gasteiger partial charge in [0, 0.05) is 17.0 Å². The number of azide groups is 1. The molecular weight excluding hydrogens is 216 g/mol. The molecule has 1 aromatic rings. The molecule has 1 rings (SSSR count). The Labute approximate surface area is 91.7 Å². The van der Waals surface area contributed by atoms with E-state index in [0.29, 0.717) is 17.8 Å². The fourth-order valence-electron chi connectivity index (χ4n) is 1.04. The summed E-state index contributed by atoms with van der Waals surface area (Å²) in [5.74, 6) is -0.202. The molecule has 78 valence electrons. The van der Waals surface area contributed by atoms with Crippen molar-refractivity contribution < 1.29 is 4.79 Å². The van der Waals surface area contributed by atoms with E-state index >= 15 is 0 Å². The number of amides is 1. The van der Waals surface area contributed by atoms with Crippen molar-refractivity contribution in [1.82, 2.24) is 5.32 Å². The number of carbonyl (C=O) groups excluding carboxylic acids is 1. The van der Waals surface area contributed by atoms with Gasteiger partial charge in [-0.2, -0.15) is 0 Å². The first-order chi connectivity index (χ1) is 7.19. The summed E-state index contributed by atoms with van der Waals surface area (Å²) in [5.41, 5.74) is 8.98. The van der Waals surface area contributed by atoms with Crippen LogP contribution in [0.5, 0.6) is 0 Å². The van der Waals surface area contributed by atoms with Gasteiger partial charge in [-0.15, -0.1) is 0 Å². The largest absolute Gasteiger partial charge is 0.352 e. The number of halogens is 1. The summed E-state index contributed by atoms with van der Waals surface area (Å²) in [5, 5.41) is 6.27. The quantitative estimate of drug-likeness (QED) is 0.478. The van der Waals surface area contributed by atoms with Crippen LogP contribution >= 0.6 is 11.6 Å². The van der Waals surface area contributed by atoms with Crippen LogP contribution in [0, 0.1) is 0 Å². The Hall–Kier alpha value is -1.71. The predicted molar refractivity (Wildman–Crippen MR) is 58.3 cm³/mol. The van der Waals surface area contributed by atoms with Gasteiger partial charge in [0.1, 0.15) is 0 Å². The van der Waals surface area contributed by atoms with Gasteiger partial charge in [0.2, 0.25) is 0 Å². The lowest BCUT2D eigenvalue weighted by Crippen LogP contribution is -2.22. The second-order valence-corrected chi connectivity index (χ2v) is 3.12. The van der Waals surface area contributed by atoms with Crippen LogP contribution in [0.25, 0.3) is 10.4 Å². The summed E-state index contributed by atoms with van der Waals surface area (Å²) >= 11 is 5.81. The maximum absolute atomic E-state index is 11.4. The first-order valence-corrected chi connectivity index (χ1v) is 4.69. The van der Waals surface area contributed by atoms with Gasteiger partial charge in [0.25, 0.3) is 5.91 Å². The average Bonchev–Trinajstić information content (AvgIpc) is 2.21. The van der Waals surface area contributed by atoms with Gasteiger partial charge in [-0.1, -0.05) is 22.8 Å². The number of rotatable bonds is 3. The molecular formula is C9H9ClN4O. The number of benzene rings is 1. The zero-order valence-electron chi connectivity index (χ0n) is 8.07. The average molecular weight is 225 g/mol. The summed E-state index contributed by atoms with van der Waals surface area (Å²) in [4.78, 5) is 14.0. The van der Waals surface area contributed by atoms with Crippen molar-refractivity contribution in [2.45, 2.75) is 6.92 Å². The van der Waals surface area contributed by atoms with Crippen LogP contribution in [0.3, 0.4) is 0 Å². The molecule has 6 heteroatoms. The van der Waals surface area contributed by atoms with Crippen molar-refractivity contribution in [2.75, 3.05) is 6.54 Å². The van der Waals surface area contributed by atoms with Crippen molar-refractivity contribution in [1.29, 1.82) is 0 Å². The van der Waals surface area contributed by atoms with Crippen molar-refractivity contribution in [3.8, 4) is 0 Å². The smallest absolute Gasteiger partial charge is 0.251 e. The first-order valence-electron chi connectivity index (χ1n) is 4.32. The summed E-state index contributed by atoms with van der Waals surface area (Å²) in [6.07, 6.45) is 0. The number of hydrogen-bond donors (Lipinski definition) is 1. The highest BCUT2D eigenvalue weighted by Crippen LogP contribution is 2.25. The van der Waals surface area contributed by atoms with Crippen LogP contribution in [0.4, 0.5) is 5.69 Å². The zero-order chi connectivity index (χ0) is 11.3. The fraction of sp³-hybridized carbons (Fsp3) is 0.222. The molecule has 0 radical (unpaired) electrons. The van der Waals surface area contributed by atoms with E-state index in [4.69, 9.17) is 17.1 Å². The molecule has 0 bridgehead atoms. The second kappa shape index (κ2) is 5.24. The normalized spacial score (nSPS) is 9.20. The van der Waals surface area contributed by atoms with E-state index in [0.717, 1.165) is 0 Å². The van der Waals surface area contributed by atoms with Gasteiger partial charge in [-0.25, -0.2) is 0 Å². The van der Waals surface area contributed by atoms with Crippen LogP contribution < -0.4 is 5.32 Å². The lowest BCUT2D eigenvalue weighted by atomic mass is 10.2. The molecule has 0 aliphatic heterocycles. The fourth-order valence-corrected chi connectivity index (χ4v) is 1.26. The number of carbonyl (C=O) groups is 1. The lowest BCUT2D eigenvalue weighted by Gasteiger charge is -2.03. The minimum atomic E-state index is -0.202. The Bertz CT molecular complexity index is 426. The van der Waals surface area contributed by atoms with Crippen molar-refractivity contribution in [3.63, 3.8) is 0 Å². The van der Waals surface area contributed by atoms with E-state index in [-0.39, 0.29) is 10.9 Å². The van der Waals surface area contributed by atoms with Gasteiger partial charge in [-0.3, -0.25) is 4.79 Å². The Kier molecular flexibility index (Phi) is 3.97. The third-order valence-electron chi connectivity index (χ3n) is 1.70. The summed E-state index contributed by atoms with van der Waals surface area (Å²) in [6.45, 7) is 2.38. The molecule has 1 amide bonds. The van der Waals surface area contributed by atoms with Gasteiger partial charge >= 0.3 is 0 Å². The zero-order valence-corrected chi connectivity index (χ0v) is 8.82. The minimum absolute atomic E-state index is 0.202. The molecule has 0 spiro atoms. The van der Waals surface area contributed by atoms with Crippen molar-refractivity contribution in [2.24, 2.45) is 5.11 Å². The van der Waals surface area contributed by atoms with Gasteiger partial charge < -0.3 is 5.32 Å². The molecule has 1 aromatic carbocycles. The first kappa shape index (κ1) is 11.4. The van der Waals surface area contributed by atoms with Crippen LogP contribution in [0.2, 0.25) is 5.02 Å². The van der Waals surface area contributed by atoms with Gasteiger partial charge in [0.15, 0.2) is 0 Å². The highest BCUT2D eigenvalue weighted by molar-refractivity contribution is 6.33. The van der Waals surface area contributed by atoms with E-state index in [9.17, 15) is 4.79 Å². The Morgan fingerprint density at radius 1 is 1.67 bits per heavy atom. The van der Waals surface area contributed by atoms with E-state index in [2.05, 4.69) is 15.3 Å². The molecule has 0 saturated heterocycles. The highest BCUT2D eigenvalue weighted by Gasteiger charge is 2.06. The number of nitrogens with zero attached hydrogens (tertiary/aromatic N) is 3. The van der Waals surface area contributed by atoms with Crippen LogP contribution in [-0.2, 0) is 0 Å². The van der Waals surface area contributed by atoms with Gasteiger partial charge in [-0.05, 0) is 24.6 Å². The molecule has 0 unspecified atom stereocenters. The third-order valence-corrected chi connectivity index (χ3v) is 2.00. The van der Waals surface area contributed by atoms with Gasteiger partial charge in [0.05, 0.1) is 10.7 Å². The molecule has 0 aromatic heterocycles. The van der Waals surface area contributed by atoms with Crippen LogP contribution in [0.15, 0.2) is 23.3 Å². The topological polar surface area (TPSA) is 77.9 Å². The minimum Gasteiger partial charge on any atom is -0.352 e. The molecule has 5 nitrogen and oxygen atoms in total. The lowest BCUT2D eigenvalue weighted by molar-refractivity contribution is 0.0956. The molecule has 15 heavy (non-hydrogen) atoms. The summed E-state index contributed by atoms with van der Waals surface area (Å²) in [7, 11) is 0. The molecule has 0 aliphatic carbocycles. The molecule has 0 atom stereocenters. The van der Waals surface area contributed by atoms with E-state index in [1.807, 2.05) is 6.92 Å². The van der Waals surface area contributed by atoms with Crippen LogP contribution in [-0.4, -0.2) is 12.5 Å². The summed E-state index contributed by atoms with van der Waals surface area (Å²) < 4.78 is 0. The monoisotopic (exact) mass is 224 g/mol. The van der Waals surface area contributed by atoms with Crippen molar-refractivity contribution in [3.05, 3.63) is 39.2 Å². The summed E-state index contributed by atoms with van der Waals surface area (Å²) in [6, 6.07) is 4.53. The Morgan fingerprint density at radius 3 is 2.93 bits per heavy atom. The molecule has 1 N–H and O–H groups in total. The maximum Gasteiger partial charge on any atom is 0.251 e. The van der Waals surface area contributed by atoms with Crippen molar-refractivity contribution >= 4 is 23.2 Å². The Morgan fingerprint density at radius 2 is 2.40 bits per heavy atom. The highest BCUT2D eigenvalue weighted by atomic mass is 35.5. The molecule has 0 saturated carbocycles. The SMILES string of the molecule is CCNC(=O)c1ccc(N=[N+]=[N-])c(Cl)c1. The predicted octanol–water partition coefficient (Wildman–Crippen LogP) is 3.03. The third kappa shape index (κ3) is 2.87. The van der Waals surface area contributed by atoms with Crippen LogP contribution in [0.1, 0.15) is 17.3 Å². The second-order valence-electron chi connectivity index (χ2n) is 2.72. The molecule has 0 heterocycles. The van der Waals surface area contributed by atoms with E-state index in [1.54, 1.807) is 6.07 Å². The molecule has 0 aliphatic rings. The maximum atomic E-state index is 11.4. The standard InChI is InChI=1S/C9H9ClN4O/c1-2-12-9(15)6-3-4-8(13-14-11)7(10)5-6/h3-5H,2H2,1H3,(H,12,15).